The van der Waals surface area contributed by atoms with Gasteiger partial charge in [0.2, 0.25) is 0 Å². The summed E-state index contributed by atoms with van der Waals surface area (Å²) in [6.07, 6.45) is 5.56. The molecule has 3 aliphatic rings. The Morgan fingerprint density at radius 1 is 1.24 bits per heavy atom. The lowest BCUT2D eigenvalue weighted by Crippen LogP contribution is -2.65. The number of hydrogen-bond acceptors (Lipinski definition) is 4. The summed E-state index contributed by atoms with van der Waals surface area (Å²) in [5, 5.41) is 14.7. The van der Waals surface area contributed by atoms with E-state index in [0.717, 1.165) is 31.6 Å². The topological polar surface area (TPSA) is 50.7 Å². The summed E-state index contributed by atoms with van der Waals surface area (Å²) in [5.74, 6) is 2.43. The first-order valence-corrected chi connectivity index (χ1v) is 13.5. The van der Waals surface area contributed by atoms with Crippen LogP contribution in [0.5, 0.6) is 11.5 Å². The Morgan fingerprint density at radius 2 is 1.94 bits per heavy atom. The van der Waals surface area contributed by atoms with Crippen molar-refractivity contribution in [1.29, 1.82) is 0 Å². The highest BCUT2D eigenvalue weighted by Crippen LogP contribution is 2.64. The van der Waals surface area contributed by atoms with E-state index < -0.39 is 0 Å². The number of hydrogen-bond donors (Lipinski definition) is 2. The smallest absolute Gasteiger partial charge is 0.165 e. The molecule has 1 saturated carbocycles. The van der Waals surface area contributed by atoms with Crippen molar-refractivity contribution in [1.82, 2.24) is 5.32 Å². The van der Waals surface area contributed by atoms with Crippen LogP contribution in [-0.2, 0) is 16.6 Å². The zero-order valence-electron chi connectivity index (χ0n) is 22.6. The molecule has 33 heavy (non-hydrogen) atoms. The molecule has 4 heteroatoms. The van der Waals surface area contributed by atoms with Gasteiger partial charge in [-0.25, -0.2) is 0 Å². The number of ether oxygens (including phenoxy) is 2. The molecular formula is C29H49NO3. The standard InChI is InChI=1S/C27H43NO3.C2H6/c1-8-10-13-28-20-14-17-11-12-21(29)24-22(17)27(9-2)19(20)15-18(16(3)26(4,5)6)23(30-7)25(27)31-24;1-2/h11-12,16,18-20,23,25,28-29H,8-10,13-15H2,1-7H3;1-2H3/t16-,18-,19?,20-,23-,25+,27+;/m1./s1. The second-order valence-electron chi connectivity index (χ2n) is 11.4. The second kappa shape index (κ2) is 10.2. The molecule has 0 radical (unpaired) electrons. The number of rotatable bonds is 7. The Bertz CT molecular complexity index is 801. The fraction of sp³-hybridized carbons (Fsp3) is 0.793. The van der Waals surface area contributed by atoms with Crippen LogP contribution in [0.25, 0.3) is 0 Å². The van der Waals surface area contributed by atoms with E-state index in [-0.39, 0.29) is 28.8 Å². The maximum atomic E-state index is 10.7. The maximum absolute atomic E-state index is 10.7. The van der Waals surface area contributed by atoms with Crippen molar-refractivity contribution < 1.29 is 14.6 Å². The highest BCUT2D eigenvalue weighted by atomic mass is 16.5. The largest absolute Gasteiger partial charge is 0.504 e. The molecule has 7 atom stereocenters. The van der Waals surface area contributed by atoms with Crippen LogP contribution in [0.2, 0.25) is 0 Å². The molecule has 2 aliphatic carbocycles. The third-order valence-corrected chi connectivity index (χ3v) is 9.08. The predicted octanol–water partition coefficient (Wildman–Crippen LogP) is 6.47. The van der Waals surface area contributed by atoms with E-state index in [1.54, 1.807) is 0 Å². The summed E-state index contributed by atoms with van der Waals surface area (Å²) in [4.78, 5) is 0. The molecule has 0 spiro atoms. The lowest BCUT2D eigenvalue weighted by Gasteiger charge is -2.57. The number of phenolic OH excluding ortho intramolecular Hbond substituents is 1. The fourth-order valence-corrected chi connectivity index (χ4v) is 7.06. The molecule has 0 bridgehead atoms. The third kappa shape index (κ3) is 4.20. The second-order valence-corrected chi connectivity index (χ2v) is 11.4. The van der Waals surface area contributed by atoms with Crippen LogP contribution in [0.1, 0.15) is 92.2 Å². The van der Waals surface area contributed by atoms with Crippen LogP contribution in [-0.4, -0.2) is 37.0 Å². The molecule has 0 saturated heterocycles. The fourth-order valence-electron chi connectivity index (χ4n) is 7.06. The average Bonchev–Trinajstić information content (AvgIpc) is 3.17. The summed E-state index contributed by atoms with van der Waals surface area (Å²) in [6.45, 7) is 19.1. The molecule has 1 aromatic carbocycles. The minimum Gasteiger partial charge on any atom is -0.504 e. The monoisotopic (exact) mass is 459 g/mol. The van der Waals surface area contributed by atoms with Crippen LogP contribution in [0.15, 0.2) is 12.1 Å². The van der Waals surface area contributed by atoms with Crippen LogP contribution in [0.3, 0.4) is 0 Å². The van der Waals surface area contributed by atoms with Crippen molar-refractivity contribution in [3.8, 4) is 11.5 Å². The van der Waals surface area contributed by atoms with Crippen LogP contribution >= 0.6 is 0 Å². The Labute approximate surface area is 202 Å². The SMILES string of the molecule is CC.CCCCN[C@@H]1Cc2ccc(O)c3c2[C@]2(CC)C1C[C@H]([C@@H](C)C(C)(C)C)[C@@H](OC)[C@@H]2O3. The Morgan fingerprint density at radius 3 is 2.52 bits per heavy atom. The molecule has 4 rings (SSSR count). The van der Waals surface area contributed by atoms with Crippen molar-refractivity contribution in [2.24, 2.45) is 23.2 Å². The van der Waals surface area contributed by atoms with Gasteiger partial charge in [-0.2, -0.15) is 0 Å². The van der Waals surface area contributed by atoms with Gasteiger partial charge in [0.15, 0.2) is 11.5 Å². The minimum absolute atomic E-state index is 0.0273. The van der Waals surface area contributed by atoms with Gasteiger partial charge in [0.1, 0.15) is 6.10 Å². The first kappa shape index (κ1) is 26.3. The summed E-state index contributed by atoms with van der Waals surface area (Å²) < 4.78 is 12.9. The van der Waals surface area contributed by atoms with Gasteiger partial charge in [-0.1, -0.05) is 67.9 Å². The first-order chi connectivity index (χ1) is 15.7. The summed E-state index contributed by atoms with van der Waals surface area (Å²) >= 11 is 0. The number of unbranched alkanes of at least 4 members (excludes halogenated alkanes) is 1. The Kier molecular flexibility index (Phi) is 8.11. The molecular weight excluding hydrogens is 410 g/mol. The zero-order valence-corrected chi connectivity index (χ0v) is 22.6. The minimum atomic E-state index is -0.0969. The van der Waals surface area contributed by atoms with Gasteiger partial charge in [0, 0.05) is 24.1 Å². The molecule has 0 amide bonds. The normalized spacial score (nSPS) is 32.9. The molecule has 1 aromatic rings. The number of methoxy groups -OCH3 is 1. The molecule has 4 nitrogen and oxygen atoms in total. The Balaban J connectivity index is 0.00000149. The van der Waals surface area contributed by atoms with Gasteiger partial charge >= 0.3 is 0 Å². The van der Waals surface area contributed by atoms with E-state index in [4.69, 9.17) is 9.47 Å². The highest BCUT2D eigenvalue weighted by molar-refractivity contribution is 5.60. The van der Waals surface area contributed by atoms with Crippen molar-refractivity contribution in [2.45, 2.75) is 111 Å². The number of nitrogens with one attached hydrogen (secondary N) is 1. The number of aromatic hydroxyl groups is 1. The lowest BCUT2D eigenvalue weighted by atomic mass is 9.49. The van der Waals surface area contributed by atoms with Crippen molar-refractivity contribution in [2.75, 3.05) is 13.7 Å². The van der Waals surface area contributed by atoms with Gasteiger partial charge in [-0.05, 0) is 67.0 Å². The number of benzene rings is 1. The van der Waals surface area contributed by atoms with Crippen LogP contribution in [0, 0.1) is 23.2 Å². The molecule has 1 unspecified atom stereocenters. The van der Waals surface area contributed by atoms with Crippen LogP contribution in [0.4, 0.5) is 0 Å². The van der Waals surface area contributed by atoms with E-state index >= 15 is 0 Å². The molecule has 1 heterocycles. The molecule has 188 valence electrons. The third-order valence-electron chi connectivity index (χ3n) is 9.08. The van der Waals surface area contributed by atoms with E-state index in [2.05, 4.69) is 52.9 Å². The molecule has 2 N–H and O–H groups in total. The van der Waals surface area contributed by atoms with Crippen molar-refractivity contribution in [3.05, 3.63) is 23.3 Å². The average molecular weight is 460 g/mol. The summed E-state index contributed by atoms with van der Waals surface area (Å²) in [7, 11) is 1.85. The van der Waals surface area contributed by atoms with Crippen molar-refractivity contribution >= 4 is 0 Å². The summed E-state index contributed by atoms with van der Waals surface area (Å²) in [5.41, 5.74) is 2.73. The maximum Gasteiger partial charge on any atom is 0.165 e. The van der Waals surface area contributed by atoms with Gasteiger partial charge in [0.25, 0.3) is 0 Å². The Hall–Kier alpha value is -1.26. The van der Waals surface area contributed by atoms with Gasteiger partial charge in [-0.15, -0.1) is 0 Å². The quantitative estimate of drug-likeness (QED) is 0.459. The van der Waals surface area contributed by atoms with Crippen molar-refractivity contribution in [3.63, 3.8) is 0 Å². The molecule has 0 aromatic heterocycles. The molecule has 1 fully saturated rings. The zero-order chi connectivity index (χ0) is 24.6. The van der Waals surface area contributed by atoms with E-state index in [9.17, 15) is 5.11 Å². The van der Waals surface area contributed by atoms with Gasteiger partial charge < -0.3 is 19.9 Å². The predicted molar refractivity (Wildman–Crippen MR) is 137 cm³/mol. The van der Waals surface area contributed by atoms with E-state index in [1.807, 2.05) is 27.0 Å². The van der Waals surface area contributed by atoms with E-state index in [1.165, 1.54) is 24.0 Å². The van der Waals surface area contributed by atoms with E-state index in [0.29, 0.717) is 23.8 Å². The van der Waals surface area contributed by atoms with Gasteiger partial charge in [-0.3, -0.25) is 0 Å². The summed E-state index contributed by atoms with van der Waals surface area (Å²) in [6, 6.07) is 4.40. The first-order valence-electron chi connectivity index (χ1n) is 13.5. The molecule has 1 aliphatic heterocycles. The van der Waals surface area contributed by atoms with Gasteiger partial charge in [0.05, 0.1) is 6.10 Å². The van der Waals surface area contributed by atoms with Crippen LogP contribution < -0.4 is 10.1 Å². The lowest BCUT2D eigenvalue weighted by molar-refractivity contribution is -0.135. The number of phenols is 1. The highest BCUT2D eigenvalue weighted by Gasteiger charge is 2.65.